The van der Waals surface area contributed by atoms with Gasteiger partial charge < -0.3 is 24.8 Å². The standard InChI is InChI=1S/C21H29FN5O8P/c1-12(2)33-19(29)13(3)26-36(31,35-14-7-5-4-6-8-14)32-11-21(24)17(22)16(28)18(34-21)27-10-9-15(23)25-20(27)30/h4-10,12-13,16-18,28H,11,24H2,1-3H3,(H,26,31)(H2,23,25,30)/t13-,16+,17-,18+,21+,36?/m0/s1. The number of anilines is 1. The second-order valence-corrected chi connectivity index (χ2v) is 10.1. The number of hydrogen-bond donors (Lipinski definition) is 4. The molecule has 6 atom stereocenters. The number of nitrogen functional groups attached to an aromatic ring is 1. The number of aliphatic hydroxyl groups excluding tert-OH is 1. The molecule has 1 aromatic carbocycles. The van der Waals surface area contributed by atoms with Gasteiger partial charge in [-0.1, -0.05) is 18.2 Å². The number of carbonyl (C=O) groups is 1. The van der Waals surface area contributed by atoms with Crippen molar-refractivity contribution in [3.05, 3.63) is 53.1 Å². The van der Waals surface area contributed by atoms with Gasteiger partial charge in [0.15, 0.2) is 18.1 Å². The predicted octanol–water partition coefficient (Wildman–Crippen LogP) is 0.842. The summed E-state index contributed by atoms with van der Waals surface area (Å²) >= 11 is 0. The van der Waals surface area contributed by atoms with Gasteiger partial charge in [0.1, 0.15) is 30.3 Å². The van der Waals surface area contributed by atoms with Crippen molar-refractivity contribution in [3.63, 3.8) is 0 Å². The van der Waals surface area contributed by atoms with Gasteiger partial charge in [-0.05, 0) is 39.0 Å². The summed E-state index contributed by atoms with van der Waals surface area (Å²) in [5.74, 6) is -0.706. The lowest BCUT2D eigenvalue weighted by atomic mass is 10.1. The number of nitrogens with zero attached hydrogens (tertiary/aromatic N) is 2. The predicted molar refractivity (Wildman–Crippen MR) is 125 cm³/mol. The van der Waals surface area contributed by atoms with Gasteiger partial charge in [0.25, 0.3) is 0 Å². The number of aliphatic hydroxyl groups is 1. The summed E-state index contributed by atoms with van der Waals surface area (Å²) in [6.45, 7) is 3.75. The minimum Gasteiger partial charge on any atom is -0.462 e. The van der Waals surface area contributed by atoms with Crippen LogP contribution in [0.5, 0.6) is 5.75 Å². The Hall–Kier alpha value is -2.87. The Bertz CT molecular complexity index is 1170. The molecule has 3 rings (SSSR count). The molecule has 0 amide bonds. The fourth-order valence-electron chi connectivity index (χ4n) is 3.27. The van der Waals surface area contributed by atoms with Gasteiger partial charge in [-0.15, -0.1) is 0 Å². The van der Waals surface area contributed by atoms with Crippen LogP contribution in [0.1, 0.15) is 27.0 Å². The van der Waals surface area contributed by atoms with Crippen molar-refractivity contribution in [2.24, 2.45) is 5.73 Å². The van der Waals surface area contributed by atoms with Crippen LogP contribution in [0.25, 0.3) is 0 Å². The number of hydrogen-bond acceptors (Lipinski definition) is 11. The van der Waals surface area contributed by atoms with Gasteiger partial charge in [0, 0.05) is 6.20 Å². The van der Waals surface area contributed by atoms with E-state index in [0.29, 0.717) is 0 Å². The first kappa shape index (κ1) is 27.7. The number of aromatic nitrogens is 2. The normalized spacial score (nSPS) is 26.4. The number of esters is 1. The molecule has 15 heteroatoms. The third-order valence-electron chi connectivity index (χ3n) is 5.01. The molecule has 0 saturated carbocycles. The van der Waals surface area contributed by atoms with Crippen LogP contribution in [0, 0.1) is 0 Å². The zero-order valence-electron chi connectivity index (χ0n) is 19.8. The minimum atomic E-state index is -4.40. The topological polar surface area (TPSA) is 190 Å². The molecule has 0 bridgehead atoms. The molecule has 1 saturated heterocycles. The molecule has 36 heavy (non-hydrogen) atoms. The molecule has 198 valence electrons. The molecule has 0 radical (unpaired) electrons. The van der Waals surface area contributed by atoms with E-state index in [1.807, 2.05) is 0 Å². The van der Waals surface area contributed by atoms with Crippen molar-refractivity contribution in [2.75, 3.05) is 12.3 Å². The molecule has 2 aromatic rings. The first-order valence-corrected chi connectivity index (χ1v) is 12.5. The number of nitrogens with one attached hydrogen (secondary N) is 1. The van der Waals surface area contributed by atoms with Gasteiger partial charge in [0.05, 0.1) is 6.10 Å². The fraction of sp³-hybridized carbons (Fsp3) is 0.476. The van der Waals surface area contributed by atoms with Crippen molar-refractivity contribution in [2.45, 2.75) is 57.1 Å². The maximum Gasteiger partial charge on any atom is 0.459 e. The second-order valence-electron chi connectivity index (χ2n) is 8.41. The third kappa shape index (κ3) is 6.46. The molecule has 0 aliphatic carbocycles. The molecular weight excluding hydrogens is 500 g/mol. The van der Waals surface area contributed by atoms with E-state index in [4.69, 9.17) is 30.0 Å². The molecule has 1 aliphatic rings. The van der Waals surface area contributed by atoms with Gasteiger partial charge in [-0.2, -0.15) is 10.1 Å². The summed E-state index contributed by atoms with van der Waals surface area (Å²) in [5.41, 5.74) is 8.21. The molecular formula is C21H29FN5O8P. The lowest BCUT2D eigenvalue weighted by Crippen LogP contribution is -2.53. The molecule has 1 unspecified atom stereocenters. The van der Waals surface area contributed by atoms with E-state index in [1.54, 1.807) is 32.0 Å². The number of alkyl halides is 1. The lowest BCUT2D eigenvalue weighted by Gasteiger charge is -2.29. The number of nitrogens with two attached hydrogens (primary N) is 2. The maximum atomic E-state index is 15.1. The first-order valence-electron chi connectivity index (χ1n) is 10.9. The highest BCUT2D eigenvalue weighted by Gasteiger charge is 2.55. The Morgan fingerprint density at radius 1 is 1.33 bits per heavy atom. The monoisotopic (exact) mass is 529 g/mol. The highest BCUT2D eigenvalue weighted by molar-refractivity contribution is 7.52. The van der Waals surface area contributed by atoms with Crippen LogP contribution in [0.3, 0.4) is 0 Å². The van der Waals surface area contributed by atoms with Crippen molar-refractivity contribution >= 4 is 19.5 Å². The Labute approximate surface area is 206 Å². The molecule has 6 N–H and O–H groups in total. The zero-order chi connectivity index (χ0) is 26.7. The SMILES string of the molecule is CC(C)OC(=O)[C@H](C)NP(=O)(OC[C@@]1(N)O[C@@H](n2ccc(N)nc2=O)[C@H](O)[C@@H]1F)Oc1ccccc1. The van der Waals surface area contributed by atoms with E-state index < -0.39 is 62.4 Å². The number of ether oxygens (including phenoxy) is 2. The van der Waals surface area contributed by atoms with E-state index in [9.17, 15) is 19.3 Å². The zero-order valence-corrected chi connectivity index (χ0v) is 20.7. The van der Waals surface area contributed by atoms with E-state index in [2.05, 4.69) is 10.1 Å². The van der Waals surface area contributed by atoms with E-state index in [-0.39, 0.29) is 11.6 Å². The Morgan fingerprint density at radius 2 is 2.00 bits per heavy atom. The number of halogens is 1. The molecule has 13 nitrogen and oxygen atoms in total. The summed E-state index contributed by atoms with van der Waals surface area (Å²) in [6, 6.07) is 7.98. The van der Waals surface area contributed by atoms with Crippen LogP contribution in [0.15, 0.2) is 47.4 Å². The summed E-state index contributed by atoms with van der Waals surface area (Å²) < 4.78 is 50.9. The maximum absolute atomic E-state index is 15.1. The van der Waals surface area contributed by atoms with Gasteiger partial charge in [0.2, 0.25) is 0 Å². The van der Waals surface area contributed by atoms with Crippen LogP contribution >= 0.6 is 7.75 Å². The highest BCUT2D eigenvalue weighted by atomic mass is 31.2. The number of carbonyl (C=O) groups excluding carboxylic acids is 1. The Morgan fingerprint density at radius 3 is 2.61 bits per heavy atom. The van der Waals surface area contributed by atoms with Crippen molar-refractivity contribution < 1.29 is 37.4 Å². The number of benzene rings is 1. The van der Waals surface area contributed by atoms with Crippen LogP contribution in [-0.4, -0.2) is 57.4 Å². The minimum absolute atomic E-state index is 0.0851. The average molecular weight is 529 g/mol. The molecule has 1 aliphatic heterocycles. The smallest absolute Gasteiger partial charge is 0.459 e. The summed E-state index contributed by atoms with van der Waals surface area (Å²) in [6.07, 6.45) is -5.03. The number of para-hydroxylation sites is 1. The van der Waals surface area contributed by atoms with Gasteiger partial charge in [-0.3, -0.25) is 19.6 Å². The number of rotatable bonds is 10. The van der Waals surface area contributed by atoms with Crippen LogP contribution in [0.2, 0.25) is 0 Å². The molecule has 1 aromatic heterocycles. The van der Waals surface area contributed by atoms with Crippen molar-refractivity contribution in [3.8, 4) is 5.75 Å². The van der Waals surface area contributed by atoms with E-state index in [0.717, 1.165) is 10.8 Å². The van der Waals surface area contributed by atoms with Crippen LogP contribution in [0.4, 0.5) is 10.2 Å². The van der Waals surface area contributed by atoms with E-state index in [1.165, 1.54) is 25.1 Å². The molecule has 2 heterocycles. The quantitative estimate of drug-likeness (QED) is 0.251. The lowest BCUT2D eigenvalue weighted by molar-refractivity contribution is -0.149. The molecule has 1 fully saturated rings. The summed E-state index contributed by atoms with van der Waals surface area (Å²) in [7, 11) is -4.40. The molecule has 0 spiro atoms. The van der Waals surface area contributed by atoms with Crippen LogP contribution < -0.4 is 26.8 Å². The average Bonchev–Trinajstić information content (AvgIpc) is 3.02. The first-order chi connectivity index (χ1) is 16.8. The van der Waals surface area contributed by atoms with Crippen molar-refractivity contribution in [1.82, 2.24) is 14.6 Å². The van der Waals surface area contributed by atoms with Crippen LogP contribution in [-0.2, 0) is 23.4 Å². The van der Waals surface area contributed by atoms with Crippen molar-refractivity contribution in [1.29, 1.82) is 0 Å². The highest BCUT2D eigenvalue weighted by Crippen LogP contribution is 2.47. The summed E-state index contributed by atoms with van der Waals surface area (Å²) in [5, 5.41) is 12.8. The third-order valence-corrected chi connectivity index (χ3v) is 6.63. The Balaban J connectivity index is 1.81. The second kappa shape index (κ2) is 11.0. The van der Waals surface area contributed by atoms with Gasteiger partial charge >= 0.3 is 19.4 Å². The largest absolute Gasteiger partial charge is 0.462 e. The summed E-state index contributed by atoms with van der Waals surface area (Å²) in [4.78, 5) is 27.9. The van der Waals surface area contributed by atoms with Gasteiger partial charge in [-0.25, -0.2) is 13.8 Å². The van der Waals surface area contributed by atoms with E-state index >= 15 is 4.39 Å². The fourth-order valence-corrected chi connectivity index (χ4v) is 4.80. The Kier molecular flexibility index (Phi) is 8.49.